The van der Waals surface area contributed by atoms with E-state index >= 15 is 0 Å². The molecule has 1 N–H and O–H groups in total. The number of nitrogens with zero attached hydrogens (tertiary/aromatic N) is 2. The van der Waals surface area contributed by atoms with Crippen molar-refractivity contribution < 1.29 is 13.9 Å². The summed E-state index contributed by atoms with van der Waals surface area (Å²) in [5, 5.41) is 6.65. The molecule has 0 saturated carbocycles. The summed E-state index contributed by atoms with van der Waals surface area (Å²) in [7, 11) is 0. The second kappa shape index (κ2) is 8.04. The highest BCUT2D eigenvalue weighted by Crippen LogP contribution is 2.15. The summed E-state index contributed by atoms with van der Waals surface area (Å²) in [5.74, 6) is -0.964. The van der Waals surface area contributed by atoms with Crippen molar-refractivity contribution in [3.05, 3.63) is 81.9 Å². The largest absolute Gasteiger partial charge is 0.463 e. The number of anilines is 1. The molecular formula is C21H20FN3O3. The summed E-state index contributed by atoms with van der Waals surface area (Å²) in [4.78, 5) is 24.5. The summed E-state index contributed by atoms with van der Waals surface area (Å²) in [6.45, 7) is 5.44. The predicted molar refractivity (Wildman–Crippen MR) is 104 cm³/mol. The van der Waals surface area contributed by atoms with Crippen LogP contribution in [0.5, 0.6) is 5.88 Å². The molecular weight excluding hydrogens is 361 g/mol. The number of rotatable bonds is 5. The smallest absolute Gasteiger partial charge is 0.271 e. The van der Waals surface area contributed by atoms with Gasteiger partial charge in [-0.3, -0.25) is 9.59 Å². The molecule has 144 valence electrons. The molecule has 0 radical (unpaired) electrons. The van der Waals surface area contributed by atoms with Crippen LogP contribution in [0.25, 0.3) is 5.69 Å². The van der Waals surface area contributed by atoms with Crippen molar-refractivity contribution in [2.75, 3.05) is 5.32 Å². The highest BCUT2D eigenvalue weighted by atomic mass is 19.1. The summed E-state index contributed by atoms with van der Waals surface area (Å²) in [5.41, 5.74) is 2.47. The first-order valence-electron chi connectivity index (χ1n) is 8.75. The zero-order valence-electron chi connectivity index (χ0n) is 15.8. The van der Waals surface area contributed by atoms with Gasteiger partial charge in [0.05, 0.1) is 11.4 Å². The zero-order chi connectivity index (χ0) is 20.3. The lowest BCUT2D eigenvalue weighted by molar-refractivity contribution is -0.122. The Bertz CT molecular complexity index is 1080. The summed E-state index contributed by atoms with van der Waals surface area (Å²) < 4.78 is 20.4. The Morgan fingerprint density at radius 3 is 2.57 bits per heavy atom. The highest BCUT2D eigenvalue weighted by molar-refractivity contribution is 5.94. The van der Waals surface area contributed by atoms with Crippen molar-refractivity contribution in [2.45, 2.75) is 26.9 Å². The fourth-order valence-electron chi connectivity index (χ4n) is 2.53. The lowest BCUT2D eigenvalue weighted by atomic mass is 10.1. The average Bonchev–Trinajstić information content (AvgIpc) is 2.67. The molecule has 3 aromatic rings. The topological polar surface area (TPSA) is 73.2 Å². The number of aryl methyl sites for hydroxylation is 2. The number of hydrogen-bond donors (Lipinski definition) is 1. The van der Waals surface area contributed by atoms with E-state index in [2.05, 4.69) is 10.4 Å². The van der Waals surface area contributed by atoms with E-state index in [1.807, 2.05) is 26.0 Å². The van der Waals surface area contributed by atoms with E-state index in [0.29, 0.717) is 5.69 Å². The van der Waals surface area contributed by atoms with E-state index in [9.17, 15) is 14.0 Å². The van der Waals surface area contributed by atoms with Gasteiger partial charge >= 0.3 is 0 Å². The number of halogens is 1. The number of nitrogens with one attached hydrogen (secondary N) is 1. The van der Waals surface area contributed by atoms with Gasteiger partial charge in [-0.1, -0.05) is 18.2 Å². The third-order valence-corrected chi connectivity index (χ3v) is 4.31. The highest BCUT2D eigenvalue weighted by Gasteiger charge is 2.17. The molecule has 28 heavy (non-hydrogen) atoms. The molecule has 0 fully saturated rings. The van der Waals surface area contributed by atoms with Crippen LogP contribution in [0.3, 0.4) is 0 Å². The van der Waals surface area contributed by atoms with E-state index in [0.717, 1.165) is 11.1 Å². The number of carbonyl (C=O) groups is 1. The number of hydrogen-bond acceptors (Lipinski definition) is 4. The van der Waals surface area contributed by atoms with Gasteiger partial charge in [0.15, 0.2) is 6.10 Å². The normalized spacial score (nSPS) is 11.7. The Kier molecular flexibility index (Phi) is 5.54. The van der Waals surface area contributed by atoms with Crippen molar-refractivity contribution in [2.24, 2.45) is 0 Å². The van der Waals surface area contributed by atoms with Gasteiger partial charge in [-0.15, -0.1) is 5.10 Å². The molecule has 0 spiro atoms. The Morgan fingerprint density at radius 2 is 1.86 bits per heavy atom. The number of ether oxygens (including phenoxy) is 1. The number of aromatic nitrogens is 2. The maximum Gasteiger partial charge on any atom is 0.271 e. The van der Waals surface area contributed by atoms with Crippen LogP contribution < -0.4 is 15.6 Å². The van der Waals surface area contributed by atoms with Gasteiger partial charge in [0, 0.05) is 12.1 Å². The Balaban J connectivity index is 1.79. The monoisotopic (exact) mass is 381 g/mol. The van der Waals surface area contributed by atoms with E-state index in [-0.39, 0.29) is 17.1 Å². The maximum absolute atomic E-state index is 13.7. The SMILES string of the molecule is Cc1ccc(-n2nc(O[C@H](C)C(=O)Nc3ccccc3F)ccc2=O)cc1C. The van der Waals surface area contributed by atoms with Gasteiger partial charge in [-0.25, -0.2) is 4.39 Å². The second-order valence-corrected chi connectivity index (χ2v) is 6.42. The van der Waals surface area contributed by atoms with Gasteiger partial charge < -0.3 is 10.1 Å². The summed E-state index contributed by atoms with van der Waals surface area (Å²) in [6, 6.07) is 14.1. The van der Waals surface area contributed by atoms with E-state index in [1.165, 1.54) is 41.9 Å². The zero-order valence-corrected chi connectivity index (χ0v) is 15.8. The van der Waals surface area contributed by atoms with Gasteiger partial charge in [0.25, 0.3) is 11.5 Å². The Labute approximate surface area is 161 Å². The minimum absolute atomic E-state index is 0.0657. The summed E-state index contributed by atoms with van der Waals surface area (Å²) in [6.07, 6.45) is -0.946. The minimum atomic E-state index is -0.946. The lowest BCUT2D eigenvalue weighted by Gasteiger charge is -2.15. The molecule has 0 bridgehead atoms. The van der Waals surface area contributed by atoms with Crippen LogP contribution in [0.15, 0.2) is 59.4 Å². The summed E-state index contributed by atoms with van der Waals surface area (Å²) >= 11 is 0. The van der Waals surface area contributed by atoms with Crippen molar-refractivity contribution in [1.82, 2.24) is 9.78 Å². The van der Waals surface area contributed by atoms with Crippen molar-refractivity contribution >= 4 is 11.6 Å². The molecule has 1 heterocycles. The van der Waals surface area contributed by atoms with Crippen LogP contribution >= 0.6 is 0 Å². The molecule has 0 saturated heterocycles. The Hall–Kier alpha value is -3.48. The fourth-order valence-corrected chi connectivity index (χ4v) is 2.53. The quantitative estimate of drug-likeness (QED) is 0.735. The van der Waals surface area contributed by atoms with Gasteiger partial charge in [-0.2, -0.15) is 4.68 Å². The molecule has 7 heteroatoms. The molecule has 0 aliphatic heterocycles. The number of benzene rings is 2. The molecule has 0 aliphatic rings. The molecule has 3 rings (SSSR count). The van der Waals surface area contributed by atoms with E-state index < -0.39 is 17.8 Å². The molecule has 2 aromatic carbocycles. The van der Waals surface area contributed by atoms with Crippen LogP contribution in [-0.4, -0.2) is 21.8 Å². The maximum atomic E-state index is 13.7. The van der Waals surface area contributed by atoms with Crippen LogP contribution in [0.2, 0.25) is 0 Å². The Morgan fingerprint density at radius 1 is 1.11 bits per heavy atom. The van der Waals surface area contributed by atoms with Gasteiger partial charge in [-0.05, 0) is 56.2 Å². The standard InChI is InChI=1S/C21H20FN3O3/c1-13-8-9-16(12-14(13)2)25-20(26)11-10-19(24-25)28-15(3)21(27)23-18-7-5-4-6-17(18)22/h4-12,15H,1-3H3,(H,23,27)/t15-/m1/s1. The number of amides is 1. The first-order chi connectivity index (χ1) is 13.3. The van der Waals surface area contributed by atoms with E-state index in [4.69, 9.17) is 4.74 Å². The second-order valence-electron chi connectivity index (χ2n) is 6.42. The van der Waals surface area contributed by atoms with E-state index in [1.54, 1.807) is 12.1 Å². The fraction of sp³-hybridized carbons (Fsp3) is 0.190. The van der Waals surface area contributed by atoms with Crippen molar-refractivity contribution in [3.8, 4) is 11.6 Å². The predicted octanol–water partition coefficient (Wildman–Crippen LogP) is 3.39. The molecule has 0 aliphatic carbocycles. The molecule has 6 nitrogen and oxygen atoms in total. The van der Waals surface area contributed by atoms with Crippen LogP contribution in [-0.2, 0) is 4.79 Å². The van der Waals surface area contributed by atoms with Crippen LogP contribution in [0, 0.1) is 19.7 Å². The molecule has 1 amide bonds. The minimum Gasteiger partial charge on any atom is -0.463 e. The number of carbonyl (C=O) groups excluding carboxylic acids is 1. The number of para-hydroxylation sites is 1. The first-order valence-corrected chi connectivity index (χ1v) is 8.75. The van der Waals surface area contributed by atoms with Crippen molar-refractivity contribution in [3.63, 3.8) is 0 Å². The molecule has 1 aromatic heterocycles. The first kappa shape index (κ1) is 19.3. The van der Waals surface area contributed by atoms with Crippen LogP contribution in [0.4, 0.5) is 10.1 Å². The average molecular weight is 381 g/mol. The van der Waals surface area contributed by atoms with Gasteiger partial charge in [0.2, 0.25) is 5.88 Å². The molecule has 0 unspecified atom stereocenters. The van der Waals surface area contributed by atoms with Crippen molar-refractivity contribution in [1.29, 1.82) is 0 Å². The van der Waals surface area contributed by atoms with Gasteiger partial charge in [0.1, 0.15) is 5.82 Å². The third kappa shape index (κ3) is 4.25. The third-order valence-electron chi connectivity index (χ3n) is 4.31. The van der Waals surface area contributed by atoms with Crippen LogP contribution in [0.1, 0.15) is 18.1 Å². The lowest BCUT2D eigenvalue weighted by Crippen LogP contribution is -2.31. The molecule has 1 atom stereocenters.